The minimum Gasteiger partial charge on any atom is -0.380 e. The van der Waals surface area contributed by atoms with Gasteiger partial charge >= 0.3 is 0 Å². The van der Waals surface area contributed by atoms with E-state index in [9.17, 15) is 0 Å². The highest BCUT2D eigenvalue weighted by Crippen LogP contribution is 2.17. The van der Waals surface area contributed by atoms with Crippen molar-refractivity contribution in [2.24, 2.45) is 5.92 Å². The Kier molecular flexibility index (Phi) is 5.91. The van der Waals surface area contributed by atoms with Gasteiger partial charge in [-0.1, -0.05) is 19.9 Å². The van der Waals surface area contributed by atoms with Crippen LogP contribution in [0.15, 0.2) is 17.5 Å². The Morgan fingerprint density at radius 3 is 2.80 bits per heavy atom. The van der Waals surface area contributed by atoms with Crippen LogP contribution in [0.2, 0.25) is 0 Å². The zero-order chi connectivity index (χ0) is 11.1. The molecule has 1 N–H and O–H groups in total. The summed E-state index contributed by atoms with van der Waals surface area (Å²) >= 11 is 1.80. The first-order valence-electron chi connectivity index (χ1n) is 5.54. The van der Waals surface area contributed by atoms with Crippen LogP contribution >= 0.6 is 11.3 Å². The van der Waals surface area contributed by atoms with Gasteiger partial charge in [0.1, 0.15) is 0 Å². The molecule has 86 valence electrons. The van der Waals surface area contributed by atoms with Gasteiger partial charge in [-0.3, -0.25) is 0 Å². The van der Waals surface area contributed by atoms with E-state index >= 15 is 0 Å². The van der Waals surface area contributed by atoms with Gasteiger partial charge in [0.15, 0.2) is 0 Å². The van der Waals surface area contributed by atoms with Gasteiger partial charge in [0.25, 0.3) is 0 Å². The highest BCUT2D eigenvalue weighted by Gasteiger charge is 2.04. The lowest BCUT2D eigenvalue weighted by molar-refractivity contribution is 0.110. The summed E-state index contributed by atoms with van der Waals surface area (Å²) < 4.78 is 5.50. The van der Waals surface area contributed by atoms with Gasteiger partial charge < -0.3 is 10.1 Å². The molecule has 15 heavy (non-hydrogen) atoms. The van der Waals surface area contributed by atoms with Crippen molar-refractivity contribution in [1.82, 2.24) is 5.32 Å². The van der Waals surface area contributed by atoms with E-state index in [1.165, 1.54) is 4.88 Å². The standard InChI is InChI=1S/C12H21NOS/c1-10(2)9-14-7-6-13-11(3)12-5-4-8-15-12/h4-5,8,10-11,13H,6-7,9H2,1-3H3/t11-/m1/s1. The molecule has 1 rings (SSSR count). The summed E-state index contributed by atoms with van der Waals surface area (Å²) in [7, 11) is 0. The molecule has 1 atom stereocenters. The van der Waals surface area contributed by atoms with Crippen molar-refractivity contribution in [2.75, 3.05) is 19.8 Å². The minimum atomic E-state index is 0.438. The quantitative estimate of drug-likeness (QED) is 0.723. The van der Waals surface area contributed by atoms with Crippen LogP contribution in [0.4, 0.5) is 0 Å². The topological polar surface area (TPSA) is 21.3 Å². The first-order valence-corrected chi connectivity index (χ1v) is 6.42. The molecule has 1 aromatic heterocycles. The van der Waals surface area contributed by atoms with Crippen LogP contribution in [-0.4, -0.2) is 19.8 Å². The molecule has 0 fully saturated rings. The molecule has 0 radical (unpaired) electrons. The zero-order valence-electron chi connectivity index (χ0n) is 9.82. The lowest BCUT2D eigenvalue weighted by Gasteiger charge is -2.12. The molecule has 0 saturated heterocycles. The maximum atomic E-state index is 5.50. The van der Waals surface area contributed by atoms with E-state index < -0.39 is 0 Å². The van der Waals surface area contributed by atoms with E-state index in [2.05, 4.69) is 43.6 Å². The average molecular weight is 227 g/mol. The number of nitrogens with one attached hydrogen (secondary N) is 1. The normalized spacial score (nSPS) is 13.3. The lowest BCUT2D eigenvalue weighted by Crippen LogP contribution is -2.23. The summed E-state index contributed by atoms with van der Waals surface area (Å²) in [5, 5.41) is 5.56. The number of hydrogen-bond donors (Lipinski definition) is 1. The predicted molar refractivity (Wildman–Crippen MR) is 66.4 cm³/mol. The summed E-state index contributed by atoms with van der Waals surface area (Å²) in [6, 6.07) is 4.69. The second kappa shape index (κ2) is 6.99. The molecule has 1 heterocycles. The fourth-order valence-corrected chi connectivity index (χ4v) is 2.06. The number of ether oxygens (including phenoxy) is 1. The Hall–Kier alpha value is -0.380. The fourth-order valence-electron chi connectivity index (χ4n) is 1.30. The third-order valence-corrected chi connectivity index (χ3v) is 3.17. The van der Waals surface area contributed by atoms with E-state index in [-0.39, 0.29) is 0 Å². The van der Waals surface area contributed by atoms with Crippen LogP contribution in [0.3, 0.4) is 0 Å². The Morgan fingerprint density at radius 2 is 2.20 bits per heavy atom. The molecule has 2 nitrogen and oxygen atoms in total. The number of rotatable bonds is 7. The van der Waals surface area contributed by atoms with Crippen LogP contribution in [0, 0.1) is 5.92 Å². The van der Waals surface area contributed by atoms with Gasteiger partial charge in [-0.2, -0.15) is 0 Å². The molecule has 0 aliphatic carbocycles. The molecule has 0 aliphatic heterocycles. The highest BCUT2D eigenvalue weighted by molar-refractivity contribution is 7.10. The summed E-state index contributed by atoms with van der Waals surface area (Å²) in [4.78, 5) is 1.39. The first kappa shape index (κ1) is 12.7. The minimum absolute atomic E-state index is 0.438. The Bertz CT molecular complexity index is 246. The van der Waals surface area contributed by atoms with Crippen LogP contribution in [0.25, 0.3) is 0 Å². The average Bonchev–Trinajstić information content (AvgIpc) is 2.69. The number of thiophene rings is 1. The van der Waals surface area contributed by atoms with E-state index in [1.54, 1.807) is 11.3 Å². The maximum absolute atomic E-state index is 5.50. The summed E-state index contributed by atoms with van der Waals surface area (Å²) in [6.07, 6.45) is 0. The van der Waals surface area contributed by atoms with Crippen molar-refractivity contribution in [3.8, 4) is 0 Å². The van der Waals surface area contributed by atoms with Crippen molar-refractivity contribution < 1.29 is 4.74 Å². The fraction of sp³-hybridized carbons (Fsp3) is 0.667. The van der Waals surface area contributed by atoms with Crippen molar-refractivity contribution >= 4 is 11.3 Å². The van der Waals surface area contributed by atoms with E-state index in [0.29, 0.717) is 12.0 Å². The third kappa shape index (κ3) is 5.30. The smallest absolute Gasteiger partial charge is 0.0591 e. The van der Waals surface area contributed by atoms with Crippen molar-refractivity contribution in [1.29, 1.82) is 0 Å². The first-order chi connectivity index (χ1) is 7.20. The molecular formula is C12H21NOS. The van der Waals surface area contributed by atoms with Gasteiger partial charge in [-0.15, -0.1) is 11.3 Å². The molecule has 1 aromatic rings. The molecule has 0 amide bonds. The highest BCUT2D eigenvalue weighted by atomic mass is 32.1. The Morgan fingerprint density at radius 1 is 1.40 bits per heavy atom. The van der Waals surface area contributed by atoms with Crippen LogP contribution in [-0.2, 0) is 4.74 Å². The molecule has 0 unspecified atom stereocenters. The summed E-state index contributed by atoms with van der Waals surface area (Å²) in [5.74, 6) is 0.625. The molecule has 0 aromatic carbocycles. The largest absolute Gasteiger partial charge is 0.380 e. The second-order valence-electron chi connectivity index (χ2n) is 4.16. The lowest BCUT2D eigenvalue weighted by atomic mass is 10.2. The van der Waals surface area contributed by atoms with Crippen LogP contribution < -0.4 is 5.32 Å². The molecule has 3 heteroatoms. The monoisotopic (exact) mass is 227 g/mol. The summed E-state index contributed by atoms with van der Waals surface area (Å²) in [6.45, 7) is 9.10. The van der Waals surface area contributed by atoms with E-state index in [4.69, 9.17) is 4.74 Å². The predicted octanol–water partition coefficient (Wildman–Crippen LogP) is 3.07. The van der Waals surface area contributed by atoms with Gasteiger partial charge in [0.05, 0.1) is 6.61 Å². The molecular weight excluding hydrogens is 206 g/mol. The summed E-state index contributed by atoms with van der Waals surface area (Å²) in [5.41, 5.74) is 0. The third-order valence-electron chi connectivity index (χ3n) is 2.12. The zero-order valence-corrected chi connectivity index (χ0v) is 10.6. The van der Waals surface area contributed by atoms with Gasteiger partial charge in [0.2, 0.25) is 0 Å². The number of hydrogen-bond acceptors (Lipinski definition) is 3. The maximum Gasteiger partial charge on any atom is 0.0591 e. The van der Waals surface area contributed by atoms with Crippen molar-refractivity contribution in [3.05, 3.63) is 22.4 Å². The SMILES string of the molecule is CC(C)COCCN[C@H](C)c1cccs1. The van der Waals surface area contributed by atoms with Gasteiger partial charge in [-0.05, 0) is 24.3 Å². The van der Waals surface area contributed by atoms with Crippen LogP contribution in [0.5, 0.6) is 0 Å². The Balaban J connectivity index is 2.05. The van der Waals surface area contributed by atoms with Gasteiger partial charge in [0, 0.05) is 24.1 Å². The molecule has 0 bridgehead atoms. The Labute approximate surface area is 96.7 Å². The van der Waals surface area contributed by atoms with Crippen molar-refractivity contribution in [3.63, 3.8) is 0 Å². The molecule has 0 spiro atoms. The van der Waals surface area contributed by atoms with E-state index in [1.807, 2.05) is 0 Å². The van der Waals surface area contributed by atoms with E-state index in [0.717, 1.165) is 19.8 Å². The molecule has 0 saturated carbocycles. The molecule has 0 aliphatic rings. The van der Waals surface area contributed by atoms with Crippen molar-refractivity contribution in [2.45, 2.75) is 26.8 Å². The second-order valence-corrected chi connectivity index (χ2v) is 5.14. The van der Waals surface area contributed by atoms with Gasteiger partial charge in [-0.25, -0.2) is 0 Å². The van der Waals surface area contributed by atoms with Crippen LogP contribution in [0.1, 0.15) is 31.7 Å².